The Labute approximate surface area is 133 Å². The van der Waals surface area contributed by atoms with Crippen LogP contribution in [-0.4, -0.2) is 18.3 Å². The number of pyridine rings is 1. The van der Waals surface area contributed by atoms with E-state index < -0.39 is 14.9 Å². The van der Waals surface area contributed by atoms with Gasteiger partial charge in [0.15, 0.2) is 0 Å². The van der Waals surface area contributed by atoms with E-state index >= 15 is 0 Å². The molecule has 0 radical (unpaired) electrons. The predicted octanol–water partition coefficient (Wildman–Crippen LogP) is 3.21. The molecule has 0 saturated carbocycles. The van der Waals surface area contributed by atoms with E-state index in [4.69, 9.17) is 11.6 Å². The van der Waals surface area contributed by atoms with Gasteiger partial charge in [-0.2, -0.15) is 0 Å². The van der Waals surface area contributed by atoms with Crippen LogP contribution >= 0.6 is 27.5 Å². The molecule has 1 N–H and O–H groups in total. The van der Waals surface area contributed by atoms with Gasteiger partial charge in [0.25, 0.3) is 15.7 Å². The van der Waals surface area contributed by atoms with E-state index in [1.54, 1.807) is 0 Å². The number of hydrogen-bond acceptors (Lipinski definition) is 5. The fourth-order valence-electron chi connectivity index (χ4n) is 1.48. The van der Waals surface area contributed by atoms with Gasteiger partial charge < -0.3 is 0 Å². The number of aromatic nitrogens is 1. The maximum Gasteiger partial charge on any atom is 0.271 e. The topological polar surface area (TPSA) is 102 Å². The fraction of sp³-hybridized carbons (Fsp3) is 0. The molecular weight excluding hydrogens is 386 g/mol. The minimum Gasteiger partial charge on any atom is -0.278 e. The normalized spacial score (nSPS) is 11.1. The van der Waals surface area contributed by atoms with Gasteiger partial charge in [0.1, 0.15) is 4.90 Å². The molecule has 1 aromatic heterocycles. The largest absolute Gasteiger partial charge is 0.278 e. The lowest BCUT2D eigenvalue weighted by atomic mass is 10.3. The molecule has 10 heteroatoms. The summed E-state index contributed by atoms with van der Waals surface area (Å²) in [6, 6.07) is 4.60. The summed E-state index contributed by atoms with van der Waals surface area (Å²) in [7, 11) is -3.97. The second kappa shape index (κ2) is 5.96. The number of rotatable bonds is 4. The van der Waals surface area contributed by atoms with Gasteiger partial charge in [-0.05, 0) is 28.1 Å². The lowest BCUT2D eigenvalue weighted by Crippen LogP contribution is -2.14. The molecule has 0 fully saturated rings. The fourth-order valence-corrected chi connectivity index (χ4v) is 3.58. The van der Waals surface area contributed by atoms with Crippen molar-refractivity contribution in [3.05, 3.63) is 56.3 Å². The first-order chi connectivity index (χ1) is 9.81. The van der Waals surface area contributed by atoms with Crippen molar-refractivity contribution in [1.29, 1.82) is 0 Å². The van der Waals surface area contributed by atoms with Crippen LogP contribution in [0.25, 0.3) is 0 Å². The number of nitrogens with one attached hydrogen (secondary N) is 1. The van der Waals surface area contributed by atoms with Crippen LogP contribution in [-0.2, 0) is 10.0 Å². The molecule has 0 atom stereocenters. The van der Waals surface area contributed by atoms with Crippen molar-refractivity contribution in [3.8, 4) is 0 Å². The zero-order valence-electron chi connectivity index (χ0n) is 10.2. The van der Waals surface area contributed by atoms with Crippen LogP contribution in [0.5, 0.6) is 0 Å². The van der Waals surface area contributed by atoms with E-state index in [1.807, 2.05) is 0 Å². The van der Waals surface area contributed by atoms with E-state index in [-0.39, 0.29) is 21.3 Å². The molecule has 0 unspecified atom stereocenters. The standard InChI is InChI=1S/C11H7BrClN3O4S/c12-8-6-14-4-3-10(8)15-21(19,20)11-2-1-7(16(17)18)5-9(11)13/h1-6H,(H,14,15). The SMILES string of the molecule is O=[N+]([O-])c1ccc(S(=O)(=O)Nc2ccncc2Br)c(Cl)c1. The Bertz CT molecular complexity index is 813. The van der Waals surface area contributed by atoms with E-state index in [9.17, 15) is 18.5 Å². The summed E-state index contributed by atoms with van der Waals surface area (Å²) in [6.45, 7) is 0. The lowest BCUT2D eigenvalue weighted by Gasteiger charge is -2.10. The third kappa shape index (κ3) is 3.49. The zero-order valence-corrected chi connectivity index (χ0v) is 13.3. The van der Waals surface area contributed by atoms with Crippen molar-refractivity contribution in [1.82, 2.24) is 4.98 Å². The Balaban J connectivity index is 2.41. The number of sulfonamides is 1. The number of nitro groups is 1. The number of benzene rings is 1. The second-order valence-electron chi connectivity index (χ2n) is 3.83. The summed E-state index contributed by atoms with van der Waals surface area (Å²) < 4.78 is 27.3. The van der Waals surface area contributed by atoms with Crippen LogP contribution < -0.4 is 4.72 Å². The molecule has 0 aliphatic carbocycles. The second-order valence-corrected chi connectivity index (χ2v) is 6.75. The Morgan fingerprint density at radius 3 is 2.62 bits per heavy atom. The van der Waals surface area contributed by atoms with E-state index in [0.717, 1.165) is 18.2 Å². The first kappa shape index (κ1) is 15.7. The molecule has 0 saturated heterocycles. The van der Waals surface area contributed by atoms with Crippen LogP contribution in [0.15, 0.2) is 46.0 Å². The van der Waals surface area contributed by atoms with Crippen LogP contribution in [0.1, 0.15) is 0 Å². The minimum atomic E-state index is -3.97. The molecular formula is C11H7BrClN3O4S. The predicted molar refractivity (Wildman–Crippen MR) is 80.9 cm³/mol. The number of halogens is 2. The summed E-state index contributed by atoms with van der Waals surface area (Å²) in [5.74, 6) is 0. The molecule has 0 aliphatic heterocycles. The van der Waals surface area contributed by atoms with E-state index in [1.165, 1.54) is 18.5 Å². The average molecular weight is 393 g/mol. The number of nitro benzene ring substituents is 1. The van der Waals surface area contributed by atoms with E-state index in [2.05, 4.69) is 25.6 Å². The van der Waals surface area contributed by atoms with Crippen LogP contribution in [0, 0.1) is 10.1 Å². The quantitative estimate of drug-likeness (QED) is 0.636. The van der Waals surface area contributed by atoms with Crippen molar-refractivity contribution >= 4 is 48.9 Å². The molecule has 2 rings (SSSR count). The number of non-ortho nitro benzene ring substituents is 1. The van der Waals surface area contributed by atoms with Crippen molar-refractivity contribution < 1.29 is 13.3 Å². The van der Waals surface area contributed by atoms with Gasteiger partial charge in [0.05, 0.1) is 20.1 Å². The monoisotopic (exact) mass is 391 g/mol. The summed E-state index contributed by atoms with van der Waals surface area (Å²) in [4.78, 5) is 13.5. The minimum absolute atomic E-state index is 0.234. The van der Waals surface area contributed by atoms with Gasteiger partial charge >= 0.3 is 0 Å². The molecule has 2 aromatic rings. The maximum absolute atomic E-state index is 12.2. The molecule has 110 valence electrons. The molecule has 0 amide bonds. The summed E-state index contributed by atoms with van der Waals surface area (Å²) in [6.07, 6.45) is 2.84. The smallest absolute Gasteiger partial charge is 0.271 e. The Morgan fingerprint density at radius 1 is 1.33 bits per heavy atom. The number of anilines is 1. The highest BCUT2D eigenvalue weighted by Crippen LogP contribution is 2.29. The number of hydrogen-bond donors (Lipinski definition) is 1. The molecule has 0 aliphatic rings. The highest BCUT2D eigenvalue weighted by atomic mass is 79.9. The summed E-state index contributed by atoms with van der Waals surface area (Å²) >= 11 is 8.98. The molecule has 21 heavy (non-hydrogen) atoms. The zero-order chi connectivity index (χ0) is 15.6. The molecule has 1 heterocycles. The first-order valence-corrected chi connectivity index (χ1v) is 8.03. The van der Waals surface area contributed by atoms with Crippen LogP contribution in [0.4, 0.5) is 11.4 Å². The summed E-state index contributed by atoms with van der Waals surface area (Å²) in [5, 5.41) is 10.4. The van der Waals surface area contributed by atoms with Gasteiger partial charge in [-0.25, -0.2) is 8.42 Å². The number of nitrogens with zero attached hydrogens (tertiary/aromatic N) is 2. The van der Waals surface area contributed by atoms with Gasteiger partial charge in [0.2, 0.25) is 0 Å². The Morgan fingerprint density at radius 2 is 2.05 bits per heavy atom. The Kier molecular flexibility index (Phi) is 4.45. The average Bonchev–Trinajstić information content (AvgIpc) is 2.40. The van der Waals surface area contributed by atoms with Gasteiger partial charge in [-0.3, -0.25) is 19.8 Å². The maximum atomic E-state index is 12.2. The van der Waals surface area contributed by atoms with Gasteiger partial charge in [-0.1, -0.05) is 11.6 Å². The van der Waals surface area contributed by atoms with Crippen molar-refractivity contribution in [2.45, 2.75) is 4.90 Å². The van der Waals surface area contributed by atoms with Crippen molar-refractivity contribution in [2.24, 2.45) is 0 Å². The van der Waals surface area contributed by atoms with E-state index in [0.29, 0.717) is 4.47 Å². The van der Waals surface area contributed by atoms with Crippen molar-refractivity contribution in [2.75, 3.05) is 4.72 Å². The van der Waals surface area contributed by atoms with Gasteiger partial charge in [-0.15, -0.1) is 0 Å². The third-order valence-corrected chi connectivity index (χ3v) is 4.91. The third-order valence-electron chi connectivity index (χ3n) is 2.43. The van der Waals surface area contributed by atoms with Crippen LogP contribution in [0.2, 0.25) is 5.02 Å². The van der Waals surface area contributed by atoms with Crippen molar-refractivity contribution in [3.63, 3.8) is 0 Å². The molecule has 1 aromatic carbocycles. The highest BCUT2D eigenvalue weighted by molar-refractivity contribution is 9.10. The van der Waals surface area contributed by atoms with Gasteiger partial charge in [0, 0.05) is 24.5 Å². The molecule has 7 nitrogen and oxygen atoms in total. The Hall–Kier alpha value is -1.71. The first-order valence-electron chi connectivity index (χ1n) is 5.37. The summed E-state index contributed by atoms with van der Waals surface area (Å²) in [5.41, 5.74) is -0.0107. The van der Waals surface area contributed by atoms with Crippen LogP contribution in [0.3, 0.4) is 0 Å². The molecule has 0 bridgehead atoms. The highest BCUT2D eigenvalue weighted by Gasteiger charge is 2.21. The lowest BCUT2D eigenvalue weighted by molar-refractivity contribution is -0.384. The molecule has 0 spiro atoms.